The fraction of sp³-hybridized carbons (Fsp3) is 0.364. The molecule has 15 heavy (non-hydrogen) atoms. The van der Waals surface area contributed by atoms with Crippen molar-refractivity contribution in [1.82, 2.24) is 5.48 Å². The highest BCUT2D eigenvalue weighted by Gasteiger charge is 2.20. The Morgan fingerprint density at radius 1 is 1.33 bits per heavy atom. The largest absolute Gasteiger partial charge is 0.469 e. The quantitative estimate of drug-likeness (QED) is 0.582. The summed E-state index contributed by atoms with van der Waals surface area (Å²) in [7, 11) is 2.89. The number of hydrogen-bond acceptors (Lipinski definition) is 4. The molecule has 0 fully saturated rings. The van der Waals surface area contributed by atoms with E-state index in [1.54, 1.807) is 0 Å². The fourth-order valence-electron chi connectivity index (χ4n) is 1.33. The van der Waals surface area contributed by atoms with Gasteiger partial charge in [0.05, 0.1) is 20.1 Å². The average molecular weight is 209 g/mol. The second kappa shape index (κ2) is 6.16. The number of hydrogen-bond donors (Lipinski definition) is 1. The Balaban J connectivity index is 2.76. The van der Waals surface area contributed by atoms with Gasteiger partial charge in [-0.15, -0.1) is 0 Å². The molecule has 1 aromatic carbocycles. The van der Waals surface area contributed by atoms with Gasteiger partial charge in [-0.2, -0.15) is 0 Å². The molecule has 1 atom stereocenters. The van der Waals surface area contributed by atoms with Gasteiger partial charge in [-0.1, -0.05) is 30.3 Å². The van der Waals surface area contributed by atoms with Crippen LogP contribution in [-0.4, -0.2) is 26.7 Å². The van der Waals surface area contributed by atoms with Gasteiger partial charge in [-0.25, -0.2) is 5.48 Å². The number of ether oxygens (including phenoxy) is 1. The first-order valence-electron chi connectivity index (χ1n) is 4.68. The molecule has 0 aliphatic heterocycles. The van der Waals surface area contributed by atoms with E-state index in [4.69, 9.17) is 9.57 Å². The van der Waals surface area contributed by atoms with Gasteiger partial charge < -0.3 is 9.57 Å². The Bertz CT molecular complexity index is 300. The molecule has 0 spiro atoms. The number of esters is 1. The molecule has 1 N–H and O–H groups in total. The summed E-state index contributed by atoms with van der Waals surface area (Å²) in [6, 6.07) is 9.45. The Labute approximate surface area is 89.1 Å². The van der Waals surface area contributed by atoms with Crippen LogP contribution in [0, 0.1) is 0 Å². The molecule has 0 aromatic heterocycles. The Kier molecular flexibility index (Phi) is 4.80. The summed E-state index contributed by atoms with van der Waals surface area (Å²) in [4.78, 5) is 16.2. The van der Waals surface area contributed by atoms with Crippen molar-refractivity contribution in [3.8, 4) is 0 Å². The van der Waals surface area contributed by atoms with Gasteiger partial charge in [0.2, 0.25) is 0 Å². The van der Waals surface area contributed by atoms with Crippen LogP contribution in [-0.2, 0) is 14.4 Å². The van der Waals surface area contributed by atoms with Gasteiger partial charge in [0.25, 0.3) is 0 Å². The van der Waals surface area contributed by atoms with Crippen LogP contribution in [0.25, 0.3) is 0 Å². The molecule has 1 rings (SSSR count). The molecule has 1 aromatic rings. The fourth-order valence-corrected chi connectivity index (χ4v) is 1.33. The maximum Gasteiger partial charge on any atom is 0.314 e. The molecule has 0 heterocycles. The van der Waals surface area contributed by atoms with Crippen molar-refractivity contribution in [2.75, 3.05) is 20.8 Å². The summed E-state index contributed by atoms with van der Waals surface area (Å²) in [5.74, 6) is -0.609. The molecule has 0 aliphatic carbocycles. The maximum atomic E-state index is 11.5. The maximum absolute atomic E-state index is 11.5. The third kappa shape index (κ3) is 3.34. The van der Waals surface area contributed by atoms with E-state index >= 15 is 0 Å². The minimum Gasteiger partial charge on any atom is -0.469 e. The third-order valence-electron chi connectivity index (χ3n) is 2.12. The zero-order chi connectivity index (χ0) is 11.1. The summed E-state index contributed by atoms with van der Waals surface area (Å²) >= 11 is 0. The highest BCUT2D eigenvalue weighted by molar-refractivity contribution is 5.78. The van der Waals surface area contributed by atoms with Crippen LogP contribution in [0.1, 0.15) is 11.5 Å². The van der Waals surface area contributed by atoms with Crippen LogP contribution in [0.5, 0.6) is 0 Å². The molecule has 0 radical (unpaired) electrons. The normalized spacial score (nSPS) is 12.1. The third-order valence-corrected chi connectivity index (χ3v) is 2.12. The minimum atomic E-state index is -0.337. The van der Waals surface area contributed by atoms with Gasteiger partial charge in [0.15, 0.2) is 0 Å². The van der Waals surface area contributed by atoms with Crippen molar-refractivity contribution in [1.29, 1.82) is 0 Å². The van der Waals surface area contributed by atoms with Crippen molar-refractivity contribution in [2.24, 2.45) is 0 Å². The van der Waals surface area contributed by atoms with Gasteiger partial charge in [-0.3, -0.25) is 4.79 Å². The first-order valence-corrected chi connectivity index (χ1v) is 4.68. The first kappa shape index (κ1) is 11.7. The Morgan fingerprint density at radius 2 is 2.00 bits per heavy atom. The second-order valence-corrected chi connectivity index (χ2v) is 3.04. The minimum absolute atomic E-state index is 0.272. The van der Waals surface area contributed by atoms with E-state index in [9.17, 15) is 4.79 Å². The summed E-state index contributed by atoms with van der Waals surface area (Å²) < 4.78 is 4.73. The van der Waals surface area contributed by atoms with Crippen LogP contribution >= 0.6 is 0 Å². The van der Waals surface area contributed by atoms with Gasteiger partial charge in [0.1, 0.15) is 0 Å². The van der Waals surface area contributed by atoms with E-state index in [0.29, 0.717) is 6.54 Å². The molecule has 1 unspecified atom stereocenters. The van der Waals surface area contributed by atoms with Crippen LogP contribution in [0.15, 0.2) is 30.3 Å². The summed E-state index contributed by atoms with van der Waals surface area (Å²) in [6.45, 7) is 0.396. The van der Waals surface area contributed by atoms with Gasteiger partial charge >= 0.3 is 5.97 Å². The number of carbonyl (C=O) groups excluding carboxylic acids is 1. The topological polar surface area (TPSA) is 47.6 Å². The Hall–Kier alpha value is -1.39. The standard InChI is InChI=1S/C11H15NO3/c1-14-11(13)10(8-12-15-2)9-6-4-3-5-7-9/h3-7,10,12H,8H2,1-2H3. The SMILES string of the molecule is CONCC(C(=O)OC)c1ccccc1. The lowest BCUT2D eigenvalue weighted by Crippen LogP contribution is -2.27. The molecule has 0 aliphatic rings. The molecular formula is C11H15NO3. The molecule has 82 valence electrons. The number of methoxy groups -OCH3 is 1. The number of carbonyl (C=O) groups is 1. The van der Waals surface area contributed by atoms with Crippen molar-refractivity contribution >= 4 is 5.97 Å². The highest BCUT2D eigenvalue weighted by Crippen LogP contribution is 2.15. The predicted octanol–water partition coefficient (Wildman–Crippen LogP) is 1.09. The van der Waals surface area contributed by atoms with E-state index < -0.39 is 0 Å². The zero-order valence-corrected chi connectivity index (χ0v) is 8.90. The van der Waals surface area contributed by atoms with E-state index in [-0.39, 0.29) is 11.9 Å². The number of nitrogens with one attached hydrogen (secondary N) is 1. The predicted molar refractivity (Wildman–Crippen MR) is 56.2 cm³/mol. The van der Waals surface area contributed by atoms with E-state index in [1.165, 1.54) is 14.2 Å². The molecule has 4 heteroatoms. The summed E-state index contributed by atoms with van der Waals surface area (Å²) in [6.07, 6.45) is 0. The van der Waals surface area contributed by atoms with E-state index in [1.807, 2.05) is 30.3 Å². The van der Waals surface area contributed by atoms with Crippen LogP contribution in [0.3, 0.4) is 0 Å². The van der Waals surface area contributed by atoms with Crippen molar-refractivity contribution in [3.05, 3.63) is 35.9 Å². The average Bonchev–Trinajstić information content (AvgIpc) is 2.30. The highest BCUT2D eigenvalue weighted by atomic mass is 16.6. The molecule has 0 saturated heterocycles. The summed E-state index contributed by atoms with van der Waals surface area (Å²) in [5.41, 5.74) is 3.57. The number of rotatable bonds is 5. The molecular weight excluding hydrogens is 194 g/mol. The lowest BCUT2D eigenvalue weighted by molar-refractivity contribution is -0.142. The Morgan fingerprint density at radius 3 is 2.53 bits per heavy atom. The molecule has 0 amide bonds. The lowest BCUT2D eigenvalue weighted by Gasteiger charge is -2.14. The van der Waals surface area contributed by atoms with Crippen LogP contribution in [0.4, 0.5) is 0 Å². The monoisotopic (exact) mass is 209 g/mol. The van der Waals surface area contributed by atoms with Gasteiger partial charge in [0, 0.05) is 6.54 Å². The van der Waals surface area contributed by atoms with Crippen LogP contribution in [0.2, 0.25) is 0 Å². The second-order valence-electron chi connectivity index (χ2n) is 3.04. The van der Waals surface area contributed by atoms with Gasteiger partial charge in [-0.05, 0) is 5.56 Å². The molecule has 4 nitrogen and oxygen atoms in total. The zero-order valence-electron chi connectivity index (χ0n) is 8.90. The molecule has 0 saturated carbocycles. The van der Waals surface area contributed by atoms with Crippen molar-refractivity contribution < 1.29 is 14.4 Å². The first-order chi connectivity index (χ1) is 7.29. The van der Waals surface area contributed by atoms with E-state index in [2.05, 4.69) is 5.48 Å². The van der Waals surface area contributed by atoms with Crippen molar-refractivity contribution in [2.45, 2.75) is 5.92 Å². The lowest BCUT2D eigenvalue weighted by atomic mass is 10.00. The number of hydroxylamine groups is 1. The van der Waals surface area contributed by atoms with Crippen LogP contribution < -0.4 is 5.48 Å². The summed E-state index contributed by atoms with van der Waals surface area (Å²) in [5, 5.41) is 0. The number of benzene rings is 1. The van der Waals surface area contributed by atoms with E-state index in [0.717, 1.165) is 5.56 Å². The smallest absolute Gasteiger partial charge is 0.314 e. The van der Waals surface area contributed by atoms with Crippen molar-refractivity contribution in [3.63, 3.8) is 0 Å². The molecule has 0 bridgehead atoms.